The number of aliphatic hydroxyl groups is 1. The Kier molecular flexibility index (Phi) is 3.55. The molecule has 0 aliphatic heterocycles. The van der Waals surface area contributed by atoms with E-state index >= 15 is 0 Å². The van der Waals surface area contributed by atoms with Crippen LogP contribution in [0.1, 0.15) is 25.5 Å². The van der Waals surface area contributed by atoms with E-state index in [-0.39, 0.29) is 17.4 Å². The highest BCUT2D eigenvalue weighted by Gasteiger charge is 2.22. The van der Waals surface area contributed by atoms with Crippen LogP contribution < -0.4 is 5.73 Å². The molecule has 84 valence electrons. The Morgan fingerprint density at radius 1 is 1.20 bits per heavy atom. The summed E-state index contributed by atoms with van der Waals surface area (Å²) in [6, 6.07) is 3.40. The van der Waals surface area contributed by atoms with Crippen LogP contribution in [0.4, 0.5) is 0 Å². The van der Waals surface area contributed by atoms with Crippen molar-refractivity contribution in [3.63, 3.8) is 0 Å². The Balaban J connectivity index is 2.99. The third-order valence-corrected chi connectivity index (χ3v) is 2.42. The summed E-state index contributed by atoms with van der Waals surface area (Å²) in [5.74, 6) is -0.00375. The first-order valence-corrected chi connectivity index (χ1v) is 4.89. The second-order valence-electron chi connectivity index (χ2n) is 4.00. The van der Waals surface area contributed by atoms with Gasteiger partial charge in [0.05, 0.1) is 12.1 Å². The van der Waals surface area contributed by atoms with Crippen molar-refractivity contribution in [3.05, 3.63) is 23.8 Å². The fourth-order valence-electron chi connectivity index (χ4n) is 1.41. The predicted molar refractivity (Wildman–Crippen MR) is 57.5 cm³/mol. The fraction of sp³-hybridized carbons (Fsp3) is 0.455. The lowest BCUT2D eigenvalue weighted by Gasteiger charge is -2.23. The third kappa shape index (κ3) is 2.61. The molecule has 0 heterocycles. The molecule has 0 unspecified atom stereocenters. The van der Waals surface area contributed by atoms with Crippen molar-refractivity contribution in [1.29, 1.82) is 0 Å². The zero-order chi connectivity index (χ0) is 11.6. The van der Waals surface area contributed by atoms with Crippen molar-refractivity contribution < 1.29 is 15.3 Å². The quantitative estimate of drug-likeness (QED) is 0.564. The van der Waals surface area contributed by atoms with E-state index in [2.05, 4.69) is 0 Å². The Morgan fingerprint density at radius 3 is 2.33 bits per heavy atom. The molecular weight excluding hydrogens is 194 g/mol. The summed E-state index contributed by atoms with van der Waals surface area (Å²) in [6.07, 6.45) is -0.752. The smallest absolute Gasteiger partial charge is 0.120 e. The van der Waals surface area contributed by atoms with E-state index in [1.807, 2.05) is 13.8 Å². The minimum absolute atomic E-state index is 0.0123. The van der Waals surface area contributed by atoms with Crippen LogP contribution in [0.25, 0.3) is 0 Å². The summed E-state index contributed by atoms with van der Waals surface area (Å²) in [5.41, 5.74) is 6.15. The van der Waals surface area contributed by atoms with E-state index < -0.39 is 12.1 Å². The molecule has 15 heavy (non-hydrogen) atoms. The molecule has 0 amide bonds. The van der Waals surface area contributed by atoms with Crippen LogP contribution in [0.3, 0.4) is 0 Å². The molecule has 0 aromatic heterocycles. The van der Waals surface area contributed by atoms with Crippen LogP contribution in [-0.4, -0.2) is 21.4 Å². The molecule has 4 heteroatoms. The molecule has 0 spiro atoms. The zero-order valence-electron chi connectivity index (χ0n) is 8.88. The minimum Gasteiger partial charge on any atom is -0.508 e. The van der Waals surface area contributed by atoms with E-state index in [4.69, 9.17) is 5.73 Å². The molecule has 1 aromatic rings. The highest BCUT2D eigenvalue weighted by molar-refractivity contribution is 5.41. The lowest BCUT2D eigenvalue weighted by Crippen LogP contribution is -2.30. The van der Waals surface area contributed by atoms with Gasteiger partial charge in [-0.1, -0.05) is 13.8 Å². The molecular formula is C11H17NO3. The molecule has 0 saturated heterocycles. The van der Waals surface area contributed by atoms with Gasteiger partial charge in [-0.3, -0.25) is 0 Å². The SMILES string of the molecule is CC(C)[C@@H](O)[C@@H](N)c1cc(O)ccc1O. The maximum Gasteiger partial charge on any atom is 0.120 e. The number of rotatable bonds is 3. The number of hydrogen-bond donors (Lipinski definition) is 4. The van der Waals surface area contributed by atoms with Gasteiger partial charge in [-0.25, -0.2) is 0 Å². The Labute approximate surface area is 89.0 Å². The number of aliphatic hydroxyl groups excluding tert-OH is 1. The minimum atomic E-state index is -0.752. The van der Waals surface area contributed by atoms with E-state index in [1.165, 1.54) is 18.2 Å². The van der Waals surface area contributed by atoms with E-state index in [0.29, 0.717) is 5.56 Å². The second-order valence-corrected chi connectivity index (χ2v) is 4.00. The molecule has 4 nitrogen and oxygen atoms in total. The van der Waals surface area contributed by atoms with Crippen molar-refractivity contribution >= 4 is 0 Å². The fourth-order valence-corrected chi connectivity index (χ4v) is 1.41. The number of benzene rings is 1. The number of aromatic hydroxyl groups is 2. The molecule has 5 N–H and O–H groups in total. The normalized spacial score (nSPS) is 15.3. The van der Waals surface area contributed by atoms with Gasteiger partial charge in [-0.2, -0.15) is 0 Å². The maximum atomic E-state index is 9.75. The molecule has 0 aliphatic rings. The molecule has 0 saturated carbocycles. The lowest BCUT2D eigenvalue weighted by atomic mass is 9.94. The highest BCUT2D eigenvalue weighted by atomic mass is 16.3. The summed E-state index contributed by atoms with van der Waals surface area (Å²) in [6.45, 7) is 3.68. The Hall–Kier alpha value is -1.26. The van der Waals surface area contributed by atoms with Crippen molar-refractivity contribution in [1.82, 2.24) is 0 Å². The summed E-state index contributed by atoms with van der Waals surface area (Å²) >= 11 is 0. The van der Waals surface area contributed by atoms with Crippen LogP contribution in [0, 0.1) is 5.92 Å². The molecule has 1 rings (SSSR count). The molecule has 0 radical (unpaired) electrons. The van der Waals surface area contributed by atoms with Crippen LogP contribution >= 0.6 is 0 Å². The van der Waals surface area contributed by atoms with Gasteiger partial charge in [0.2, 0.25) is 0 Å². The number of phenolic OH excluding ortho intramolecular Hbond substituents is 2. The summed E-state index contributed by atoms with van der Waals surface area (Å²) in [5, 5.41) is 28.5. The highest BCUT2D eigenvalue weighted by Crippen LogP contribution is 2.30. The first-order chi connectivity index (χ1) is 6.93. The standard InChI is InChI=1S/C11H17NO3/c1-6(2)11(15)10(12)8-5-7(13)3-4-9(8)14/h3-6,10-11,13-15H,12H2,1-2H3/t10-,11+/m0/s1. The van der Waals surface area contributed by atoms with Gasteiger partial charge in [0.1, 0.15) is 11.5 Å². The largest absolute Gasteiger partial charge is 0.508 e. The van der Waals surface area contributed by atoms with Gasteiger partial charge in [0.25, 0.3) is 0 Å². The number of nitrogens with two attached hydrogens (primary N) is 1. The van der Waals surface area contributed by atoms with Gasteiger partial charge in [0.15, 0.2) is 0 Å². The van der Waals surface area contributed by atoms with Crippen LogP contribution in [0.2, 0.25) is 0 Å². The van der Waals surface area contributed by atoms with Crippen molar-refractivity contribution in [2.45, 2.75) is 26.0 Å². The van der Waals surface area contributed by atoms with E-state index in [9.17, 15) is 15.3 Å². The first-order valence-electron chi connectivity index (χ1n) is 4.89. The van der Waals surface area contributed by atoms with Crippen LogP contribution in [-0.2, 0) is 0 Å². The summed E-state index contributed by atoms with van der Waals surface area (Å²) < 4.78 is 0. The Bertz CT molecular complexity index is 339. The maximum absolute atomic E-state index is 9.75. The molecule has 1 aromatic carbocycles. The first kappa shape index (κ1) is 11.8. The van der Waals surface area contributed by atoms with E-state index in [0.717, 1.165) is 0 Å². The predicted octanol–water partition coefficient (Wildman–Crippen LogP) is 1.11. The average molecular weight is 211 g/mol. The van der Waals surface area contributed by atoms with Gasteiger partial charge < -0.3 is 21.1 Å². The van der Waals surface area contributed by atoms with Gasteiger partial charge in [-0.15, -0.1) is 0 Å². The van der Waals surface area contributed by atoms with Crippen LogP contribution in [0.5, 0.6) is 11.5 Å². The average Bonchev–Trinajstić information content (AvgIpc) is 2.19. The Morgan fingerprint density at radius 2 is 1.80 bits per heavy atom. The third-order valence-electron chi connectivity index (χ3n) is 2.42. The molecule has 0 aliphatic carbocycles. The van der Waals surface area contributed by atoms with Gasteiger partial charge in [-0.05, 0) is 24.1 Å². The van der Waals surface area contributed by atoms with Crippen molar-refractivity contribution in [3.8, 4) is 11.5 Å². The molecule has 2 atom stereocenters. The summed E-state index contributed by atoms with van der Waals surface area (Å²) in [4.78, 5) is 0. The summed E-state index contributed by atoms with van der Waals surface area (Å²) in [7, 11) is 0. The molecule has 0 fully saturated rings. The van der Waals surface area contributed by atoms with Crippen molar-refractivity contribution in [2.75, 3.05) is 0 Å². The van der Waals surface area contributed by atoms with Crippen molar-refractivity contribution in [2.24, 2.45) is 11.7 Å². The van der Waals surface area contributed by atoms with E-state index in [1.54, 1.807) is 0 Å². The zero-order valence-corrected chi connectivity index (χ0v) is 8.88. The monoisotopic (exact) mass is 211 g/mol. The van der Waals surface area contributed by atoms with Crippen LogP contribution in [0.15, 0.2) is 18.2 Å². The van der Waals surface area contributed by atoms with Gasteiger partial charge in [0, 0.05) is 5.56 Å². The van der Waals surface area contributed by atoms with Gasteiger partial charge >= 0.3 is 0 Å². The molecule has 0 bridgehead atoms. The lowest BCUT2D eigenvalue weighted by molar-refractivity contribution is 0.0969. The second kappa shape index (κ2) is 4.51. The number of phenols is 2. The topological polar surface area (TPSA) is 86.7 Å². The number of hydrogen-bond acceptors (Lipinski definition) is 4.